The molecule has 0 unspecified atom stereocenters. The minimum absolute atomic E-state index is 0. The van der Waals surface area contributed by atoms with Gasteiger partial charge in [-0.15, -0.1) is 24.0 Å². The Hall–Kier alpha value is -1.83. The Balaban J connectivity index is 0.00000312. The van der Waals surface area contributed by atoms with Crippen molar-refractivity contribution in [3.05, 3.63) is 59.3 Å². The summed E-state index contributed by atoms with van der Waals surface area (Å²) in [5.74, 6) is 1.41. The highest BCUT2D eigenvalue weighted by Crippen LogP contribution is 2.10. The van der Waals surface area contributed by atoms with Crippen molar-refractivity contribution >= 4 is 29.9 Å². The molecule has 1 aromatic carbocycles. The van der Waals surface area contributed by atoms with Gasteiger partial charge >= 0.3 is 0 Å². The highest BCUT2D eigenvalue weighted by Gasteiger charge is 2.03. The van der Waals surface area contributed by atoms with Crippen molar-refractivity contribution in [3.63, 3.8) is 0 Å². The summed E-state index contributed by atoms with van der Waals surface area (Å²) in [4.78, 5) is 8.76. The fourth-order valence-corrected chi connectivity index (χ4v) is 2.43. The highest BCUT2D eigenvalue weighted by atomic mass is 127. The van der Waals surface area contributed by atoms with E-state index in [1.54, 1.807) is 13.3 Å². The molecule has 0 aliphatic rings. The summed E-state index contributed by atoms with van der Waals surface area (Å²) in [6.45, 7) is 6.39. The Morgan fingerprint density at radius 2 is 1.88 bits per heavy atom. The Morgan fingerprint density at radius 3 is 2.56 bits per heavy atom. The second-order valence-electron chi connectivity index (χ2n) is 5.38. The number of rotatable bonds is 7. The molecule has 0 radical (unpaired) electrons. The van der Waals surface area contributed by atoms with Crippen LogP contribution >= 0.6 is 24.0 Å². The monoisotopic (exact) mass is 454 g/mol. The van der Waals surface area contributed by atoms with Gasteiger partial charge < -0.3 is 15.4 Å². The van der Waals surface area contributed by atoms with Crippen LogP contribution in [-0.4, -0.2) is 24.6 Å². The molecule has 1 aromatic heterocycles. The summed E-state index contributed by atoms with van der Waals surface area (Å²) >= 11 is 0. The molecular formula is C19H27IN4O. The molecule has 6 heteroatoms. The first-order chi connectivity index (χ1) is 11.8. The van der Waals surface area contributed by atoms with Crippen molar-refractivity contribution < 1.29 is 4.74 Å². The molecule has 1 heterocycles. The first kappa shape index (κ1) is 21.2. The van der Waals surface area contributed by atoms with E-state index in [1.165, 1.54) is 11.1 Å². The van der Waals surface area contributed by atoms with Gasteiger partial charge in [-0.1, -0.05) is 31.2 Å². The van der Waals surface area contributed by atoms with E-state index in [2.05, 4.69) is 58.7 Å². The average Bonchev–Trinajstić information content (AvgIpc) is 2.64. The zero-order valence-electron chi connectivity index (χ0n) is 15.1. The zero-order valence-corrected chi connectivity index (χ0v) is 17.4. The summed E-state index contributed by atoms with van der Waals surface area (Å²) in [6, 6.07) is 12.3. The van der Waals surface area contributed by atoms with Crippen molar-refractivity contribution in [2.45, 2.75) is 33.4 Å². The number of aromatic nitrogens is 1. The van der Waals surface area contributed by atoms with E-state index in [9.17, 15) is 0 Å². The van der Waals surface area contributed by atoms with Crippen LogP contribution in [0.15, 0.2) is 47.6 Å². The van der Waals surface area contributed by atoms with E-state index >= 15 is 0 Å². The van der Waals surface area contributed by atoms with Gasteiger partial charge in [0.15, 0.2) is 5.96 Å². The second kappa shape index (κ2) is 11.7. The largest absolute Gasteiger partial charge is 0.481 e. The Kier molecular flexibility index (Phi) is 9.91. The molecular weight excluding hydrogens is 427 g/mol. The van der Waals surface area contributed by atoms with E-state index in [-0.39, 0.29) is 24.0 Å². The molecule has 0 saturated heterocycles. The molecule has 0 aliphatic heterocycles. The standard InChI is InChI=1S/C19H26N4O.HI/c1-4-16-8-6-7-9-17(16)14-23-19(20-5-2)22-13-15-10-11-21-18(12-15)24-3;/h6-12H,4-5,13-14H2,1-3H3,(H2,20,22,23);1H. The number of pyridine rings is 1. The van der Waals surface area contributed by atoms with Crippen molar-refractivity contribution in [3.8, 4) is 5.88 Å². The summed E-state index contributed by atoms with van der Waals surface area (Å²) in [5, 5.41) is 6.68. The van der Waals surface area contributed by atoms with Gasteiger partial charge in [0.25, 0.3) is 0 Å². The number of nitrogens with one attached hydrogen (secondary N) is 2. The number of guanidine groups is 1. The van der Waals surface area contributed by atoms with Gasteiger partial charge in [-0.2, -0.15) is 0 Å². The zero-order chi connectivity index (χ0) is 17.2. The molecule has 0 saturated carbocycles. The summed E-state index contributed by atoms with van der Waals surface area (Å²) in [7, 11) is 1.62. The van der Waals surface area contributed by atoms with E-state index < -0.39 is 0 Å². The maximum atomic E-state index is 5.15. The van der Waals surface area contributed by atoms with Gasteiger partial charge in [0.2, 0.25) is 5.88 Å². The van der Waals surface area contributed by atoms with E-state index in [4.69, 9.17) is 4.74 Å². The molecule has 0 amide bonds. The highest BCUT2D eigenvalue weighted by molar-refractivity contribution is 14.0. The second-order valence-corrected chi connectivity index (χ2v) is 5.38. The van der Waals surface area contributed by atoms with Crippen LogP contribution in [-0.2, 0) is 19.5 Å². The summed E-state index contributed by atoms with van der Waals surface area (Å²) in [5.41, 5.74) is 3.73. The molecule has 136 valence electrons. The van der Waals surface area contributed by atoms with Crippen molar-refractivity contribution in [2.75, 3.05) is 13.7 Å². The SMILES string of the molecule is CCNC(=NCc1ccnc(OC)c1)NCc1ccccc1CC.I. The number of methoxy groups -OCH3 is 1. The lowest BCUT2D eigenvalue weighted by Gasteiger charge is -2.13. The van der Waals surface area contributed by atoms with Crippen molar-refractivity contribution in [1.82, 2.24) is 15.6 Å². The topological polar surface area (TPSA) is 58.5 Å². The molecule has 0 aliphatic carbocycles. The van der Waals surface area contributed by atoms with Crippen molar-refractivity contribution in [2.24, 2.45) is 4.99 Å². The van der Waals surface area contributed by atoms with Crippen molar-refractivity contribution in [1.29, 1.82) is 0 Å². The maximum absolute atomic E-state index is 5.15. The minimum Gasteiger partial charge on any atom is -0.481 e. The molecule has 0 bridgehead atoms. The average molecular weight is 454 g/mol. The number of ether oxygens (including phenoxy) is 1. The predicted molar refractivity (Wildman–Crippen MR) is 114 cm³/mol. The fraction of sp³-hybridized carbons (Fsp3) is 0.368. The number of aryl methyl sites for hydroxylation is 1. The van der Waals surface area contributed by atoms with Crippen LogP contribution in [0, 0.1) is 0 Å². The molecule has 25 heavy (non-hydrogen) atoms. The van der Waals surface area contributed by atoms with Crippen LogP contribution < -0.4 is 15.4 Å². The first-order valence-corrected chi connectivity index (χ1v) is 8.34. The molecule has 5 nitrogen and oxygen atoms in total. The minimum atomic E-state index is 0. The summed E-state index contributed by atoms with van der Waals surface area (Å²) in [6.07, 6.45) is 2.77. The fourth-order valence-electron chi connectivity index (χ4n) is 2.43. The predicted octanol–water partition coefficient (Wildman–Crippen LogP) is 3.53. The van der Waals surface area contributed by atoms with Gasteiger partial charge in [-0.05, 0) is 36.1 Å². The van der Waals surface area contributed by atoms with Crippen LogP contribution in [0.3, 0.4) is 0 Å². The third-order valence-electron chi connectivity index (χ3n) is 3.72. The molecule has 0 spiro atoms. The number of hydrogen-bond acceptors (Lipinski definition) is 3. The smallest absolute Gasteiger partial charge is 0.213 e. The molecule has 2 rings (SSSR count). The van der Waals surface area contributed by atoms with Gasteiger partial charge in [0, 0.05) is 25.4 Å². The molecule has 0 atom stereocenters. The number of halogens is 1. The summed E-state index contributed by atoms with van der Waals surface area (Å²) < 4.78 is 5.15. The molecule has 2 aromatic rings. The van der Waals surface area contributed by atoms with Crippen LogP contribution in [0.5, 0.6) is 5.88 Å². The number of hydrogen-bond donors (Lipinski definition) is 2. The number of benzene rings is 1. The van der Waals surface area contributed by atoms with Gasteiger partial charge in [0.05, 0.1) is 13.7 Å². The Bertz CT molecular complexity index is 676. The molecule has 0 fully saturated rings. The first-order valence-electron chi connectivity index (χ1n) is 8.34. The normalized spacial score (nSPS) is 10.8. The quantitative estimate of drug-likeness (QED) is 0.382. The molecule has 2 N–H and O–H groups in total. The number of nitrogens with zero attached hydrogens (tertiary/aromatic N) is 2. The Morgan fingerprint density at radius 1 is 1.12 bits per heavy atom. The van der Waals surface area contributed by atoms with Crippen LogP contribution in [0.1, 0.15) is 30.5 Å². The lowest BCUT2D eigenvalue weighted by atomic mass is 10.1. The van der Waals surface area contributed by atoms with Gasteiger partial charge in [-0.25, -0.2) is 9.98 Å². The lowest BCUT2D eigenvalue weighted by Crippen LogP contribution is -2.37. The van der Waals surface area contributed by atoms with Gasteiger partial charge in [0.1, 0.15) is 0 Å². The van der Waals surface area contributed by atoms with Crippen LogP contribution in [0.25, 0.3) is 0 Å². The third kappa shape index (κ3) is 6.89. The maximum Gasteiger partial charge on any atom is 0.213 e. The van der Waals surface area contributed by atoms with E-state index in [0.717, 1.165) is 31.0 Å². The van der Waals surface area contributed by atoms with Crippen LogP contribution in [0.2, 0.25) is 0 Å². The number of aliphatic imine (C=N–C) groups is 1. The Labute approximate surface area is 167 Å². The third-order valence-corrected chi connectivity index (χ3v) is 3.72. The van der Waals surface area contributed by atoms with E-state index in [0.29, 0.717) is 12.4 Å². The van der Waals surface area contributed by atoms with Crippen LogP contribution in [0.4, 0.5) is 0 Å². The van der Waals surface area contributed by atoms with E-state index in [1.807, 2.05) is 12.1 Å². The lowest BCUT2D eigenvalue weighted by molar-refractivity contribution is 0.397. The van der Waals surface area contributed by atoms with Gasteiger partial charge in [-0.3, -0.25) is 0 Å².